The summed E-state index contributed by atoms with van der Waals surface area (Å²) in [5, 5.41) is 17.5. The fourth-order valence-corrected chi connectivity index (χ4v) is 1.93. The molecule has 0 unspecified atom stereocenters. The first kappa shape index (κ1) is 13.8. The van der Waals surface area contributed by atoms with Crippen molar-refractivity contribution in [1.82, 2.24) is 0 Å². The monoisotopic (exact) mass is 287 g/mol. The third-order valence-electron chi connectivity index (χ3n) is 2.07. The molecule has 0 spiro atoms. The van der Waals surface area contributed by atoms with Crippen LogP contribution in [0.4, 0.5) is 0 Å². The van der Waals surface area contributed by atoms with Gasteiger partial charge in [-0.15, -0.1) is 0 Å². The first-order valence-corrected chi connectivity index (χ1v) is 6.52. The van der Waals surface area contributed by atoms with E-state index in [9.17, 15) is 9.59 Å². The van der Waals surface area contributed by atoms with E-state index < -0.39 is 11.9 Å². The zero-order valence-corrected chi connectivity index (χ0v) is 12.1. The molecule has 0 bridgehead atoms. The summed E-state index contributed by atoms with van der Waals surface area (Å²) in [5.41, 5.74) is 0.00962. The molecule has 6 heteroatoms. The molecule has 1 aromatic rings. The molecule has 5 nitrogen and oxygen atoms in total. The summed E-state index contributed by atoms with van der Waals surface area (Å²) < 4.78 is 5.77. The van der Waals surface area contributed by atoms with E-state index in [2.05, 4.69) is 0 Å². The zero-order valence-electron chi connectivity index (χ0n) is 9.18. The Morgan fingerprint density at radius 2 is 2.00 bits per heavy atom. The van der Waals surface area contributed by atoms with Crippen LogP contribution < -0.4 is 4.16 Å². The average molecular weight is 289 g/mol. The van der Waals surface area contributed by atoms with E-state index in [1.54, 1.807) is 6.07 Å². The van der Waals surface area contributed by atoms with Crippen LogP contribution >= 0.6 is 0 Å². The van der Waals surface area contributed by atoms with Crippen molar-refractivity contribution in [3.63, 3.8) is 0 Å². The van der Waals surface area contributed by atoms with Crippen LogP contribution in [0.5, 0.6) is 0 Å². The van der Waals surface area contributed by atoms with Crippen LogP contribution in [0.3, 0.4) is 0 Å². The minimum atomic E-state index is -1.15. The third-order valence-corrected chi connectivity index (χ3v) is 2.99. The quantitative estimate of drug-likeness (QED) is 0.456. The van der Waals surface area contributed by atoms with Gasteiger partial charge >= 0.3 is 108 Å². The maximum absolute atomic E-state index is 11.6. The van der Waals surface area contributed by atoms with Gasteiger partial charge in [-0.2, -0.15) is 0 Å². The Labute approximate surface area is 108 Å². The topological polar surface area (TPSA) is 83.8 Å². The van der Waals surface area contributed by atoms with Gasteiger partial charge in [0.05, 0.1) is 0 Å². The Hall–Kier alpha value is -1.26. The molecule has 2 N–H and O–H groups in total. The Bertz CT molecular complexity index is 430. The van der Waals surface area contributed by atoms with E-state index >= 15 is 0 Å². The van der Waals surface area contributed by atoms with E-state index in [1.807, 2.05) is 0 Å². The van der Waals surface area contributed by atoms with Crippen molar-refractivity contribution in [3.8, 4) is 0 Å². The summed E-state index contributed by atoms with van der Waals surface area (Å²) in [6.07, 6.45) is 0.341. The number of hydrogen-bond donors (Lipinski definition) is 2. The first-order chi connectivity index (χ1) is 8.06. The van der Waals surface area contributed by atoms with Gasteiger partial charge in [0, 0.05) is 0 Å². The molecule has 0 atom stereocenters. The van der Waals surface area contributed by atoms with Gasteiger partial charge in [-0.1, -0.05) is 0 Å². The molecule has 0 fully saturated rings. The van der Waals surface area contributed by atoms with E-state index in [-0.39, 0.29) is 24.3 Å². The van der Waals surface area contributed by atoms with Crippen molar-refractivity contribution in [2.24, 2.45) is 0 Å². The van der Waals surface area contributed by atoms with Crippen molar-refractivity contribution in [2.75, 3.05) is 13.2 Å². The summed E-state index contributed by atoms with van der Waals surface area (Å²) in [6, 6.07) is 4.61. The number of ether oxygens (including phenoxy) is 1. The standard InChI is InChI=1S/C11H11O5.Zn/c12-6-3-7-16-11(15)9-5-2-1-4-8(9)10(13)14;/h1,4-5,12H,3,6-7H2,(H,13,14);. The molecule has 0 amide bonds. The number of carbonyl (C=O) groups excluding carboxylic acids is 1. The van der Waals surface area contributed by atoms with E-state index in [1.165, 1.54) is 12.1 Å². The summed E-state index contributed by atoms with van der Waals surface area (Å²) >= 11 is 0.830. The molecule has 0 heterocycles. The van der Waals surface area contributed by atoms with Crippen LogP contribution in [-0.4, -0.2) is 35.4 Å². The molecule has 0 aliphatic carbocycles. The molecule has 1 aromatic carbocycles. The zero-order chi connectivity index (χ0) is 12.8. The van der Waals surface area contributed by atoms with Crippen LogP contribution in [0.1, 0.15) is 27.1 Å². The minimum absolute atomic E-state index is 0.0591. The van der Waals surface area contributed by atoms with Gasteiger partial charge in [-0.3, -0.25) is 0 Å². The number of carbonyl (C=O) groups is 2. The first-order valence-electron chi connectivity index (χ1n) is 5.03. The second-order valence-corrected chi connectivity index (χ2v) is 5.11. The van der Waals surface area contributed by atoms with Crippen molar-refractivity contribution in [3.05, 3.63) is 29.3 Å². The summed E-state index contributed by atoms with van der Waals surface area (Å²) in [5.74, 6) is -1.81. The van der Waals surface area contributed by atoms with Gasteiger partial charge in [0.15, 0.2) is 0 Å². The number of aliphatic hydroxyl groups is 1. The van der Waals surface area contributed by atoms with Gasteiger partial charge in [0.1, 0.15) is 0 Å². The molecule has 0 aliphatic rings. The number of benzene rings is 1. The van der Waals surface area contributed by atoms with E-state index in [0.717, 1.165) is 22.5 Å². The molecule has 1 rings (SSSR count). The van der Waals surface area contributed by atoms with Gasteiger partial charge in [-0.05, 0) is 0 Å². The molecule has 0 radical (unpaired) electrons. The third kappa shape index (κ3) is 3.91. The normalized spacial score (nSPS) is 10.1. The number of rotatable bonds is 5. The van der Waals surface area contributed by atoms with Crippen molar-refractivity contribution in [1.29, 1.82) is 0 Å². The van der Waals surface area contributed by atoms with Crippen molar-refractivity contribution >= 4 is 16.1 Å². The maximum atomic E-state index is 11.6. The molecule has 0 saturated heterocycles. The number of carboxylic acids is 1. The number of aliphatic hydroxyl groups excluding tert-OH is 1. The number of hydrogen-bond acceptors (Lipinski definition) is 4. The molecule has 0 aliphatic heterocycles. The van der Waals surface area contributed by atoms with Crippen LogP contribution in [0.25, 0.3) is 0 Å². The van der Waals surface area contributed by atoms with Gasteiger partial charge in [0.25, 0.3) is 0 Å². The molecular weight excluding hydrogens is 278 g/mol. The fraction of sp³-hybridized carbons (Fsp3) is 0.273. The molecular formula is C11H11O5Zn. The summed E-state index contributed by atoms with van der Waals surface area (Å²) in [6.45, 7) is 0.0116. The number of carboxylic acid groups (broad SMARTS) is 1. The van der Waals surface area contributed by atoms with Crippen molar-refractivity contribution in [2.45, 2.75) is 6.42 Å². The second-order valence-electron chi connectivity index (χ2n) is 3.40. The molecule has 0 aromatic heterocycles. The SMILES string of the molecule is O=C(O)c1cc[c]([Zn])cc1C(=O)OCCCO. The average Bonchev–Trinajstić information content (AvgIpc) is 2.28. The van der Waals surface area contributed by atoms with Crippen LogP contribution in [0.2, 0.25) is 0 Å². The Kier molecular flexibility index (Phi) is 5.26. The Balaban J connectivity index is 2.90. The second kappa shape index (κ2) is 6.47. The Morgan fingerprint density at radius 1 is 1.29 bits per heavy atom. The molecule has 87 valence electrons. The van der Waals surface area contributed by atoms with Crippen LogP contribution in [0.15, 0.2) is 18.2 Å². The van der Waals surface area contributed by atoms with Crippen LogP contribution in [0, 0.1) is 0 Å². The van der Waals surface area contributed by atoms with Gasteiger partial charge in [-0.25, -0.2) is 0 Å². The van der Waals surface area contributed by atoms with E-state index in [0.29, 0.717) is 6.42 Å². The van der Waals surface area contributed by atoms with E-state index in [4.69, 9.17) is 14.9 Å². The van der Waals surface area contributed by atoms with Crippen molar-refractivity contribution < 1.29 is 42.8 Å². The fourth-order valence-electron chi connectivity index (χ4n) is 1.25. The Morgan fingerprint density at radius 3 is 2.59 bits per heavy atom. The predicted octanol–water partition coefficient (Wildman–Crippen LogP) is 0.0961. The van der Waals surface area contributed by atoms with Gasteiger partial charge in [0.2, 0.25) is 0 Å². The number of aromatic carboxylic acids is 1. The van der Waals surface area contributed by atoms with Gasteiger partial charge < -0.3 is 0 Å². The number of esters is 1. The summed E-state index contributed by atoms with van der Waals surface area (Å²) in [7, 11) is 0. The van der Waals surface area contributed by atoms with Crippen LogP contribution in [-0.2, 0) is 23.0 Å². The summed E-state index contributed by atoms with van der Waals surface area (Å²) in [4.78, 5) is 22.6. The molecule has 0 saturated carbocycles. The predicted molar refractivity (Wildman–Crippen MR) is 55.0 cm³/mol. The molecule has 17 heavy (non-hydrogen) atoms.